The van der Waals surface area contributed by atoms with Crippen LogP contribution < -0.4 is 4.90 Å². The highest BCUT2D eigenvalue weighted by atomic mass is 16.3. The third-order valence-corrected chi connectivity index (χ3v) is 8.44. The Balaban J connectivity index is 1.32. The largest absolute Gasteiger partial charge is 0.454 e. The number of hydrogen-bond acceptors (Lipinski definition) is 3. The Kier molecular flexibility index (Phi) is 5.20. The minimum atomic E-state index is 0.841. The molecule has 7 aromatic carbocycles. The predicted molar refractivity (Wildman–Crippen MR) is 179 cm³/mol. The maximum Gasteiger partial charge on any atom is 0.159 e. The zero-order valence-corrected chi connectivity index (χ0v) is 23.2. The van der Waals surface area contributed by atoms with Crippen molar-refractivity contribution in [3.05, 3.63) is 152 Å². The highest BCUT2D eigenvalue weighted by molar-refractivity contribution is 6.15. The van der Waals surface area contributed by atoms with E-state index < -0.39 is 0 Å². The molecule has 0 aliphatic rings. The number of rotatable bonds is 4. The molecule has 0 aliphatic carbocycles. The summed E-state index contributed by atoms with van der Waals surface area (Å²) in [5.74, 6) is 0. The topological polar surface area (TPSA) is 29.5 Å². The van der Waals surface area contributed by atoms with Crippen molar-refractivity contribution in [3.63, 3.8) is 0 Å². The second-order valence-electron chi connectivity index (χ2n) is 11.0. The van der Waals surface area contributed by atoms with E-state index in [1.165, 1.54) is 16.5 Å². The monoisotopic (exact) mass is 551 g/mol. The normalized spacial score (nSPS) is 11.7. The number of furan rings is 2. The van der Waals surface area contributed by atoms with Crippen LogP contribution in [0.1, 0.15) is 0 Å². The molecule has 0 bridgehead atoms. The summed E-state index contributed by atoms with van der Waals surface area (Å²) in [5, 5.41) is 6.74. The van der Waals surface area contributed by atoms with Gasteiger partial charge in [-0.3, -0.25) is 0 Å². The van der Waals surface area contributed by atoms with Gasteiger partial charge in [-0.05, 0) is 64.4 Å². The number of fused-ring (bicyclic) bond motifs is 7. The fourth-order valence-corrected chi connectivity index (χ4v) is 6.39. The van der Waals surface area contributed by atoms with E-state index >= 15 is 0 Å². The molecule has 0 saturated heterocycles. The lowest BCUT2D eigenvalue weighted by Gasteiger charge is -2.25. The quantitative estimate of drug-likeness (QED) is 0.218. The molecule has 2 heterocycles. The Morgan fingerprint density at radius 2 is 0.930 bits per heavy atom. The van der Waals surface area contributed by atoms with Crippen LogP contribution in [0.2, 0.25) is 0 Å². The Bertz CT molecular complexity index is 2450. The molecule has 0 unspecified atom stereocenters. The van der Waals surface area contributed by atoms with Gasteiger partial charge in [0.1, 0.15) is 11.2 Å². The van der Waals surface area contributed by atoms with E-state index in [2.05, 4.69) is 138 Å². The van der Waals surface area contributed by atoms with Gasteiger partial charge in [-0.15, -0.1) is 0 Å². The van der Waals surface area contributed by atoms with Crippen molar-refractivity contribution in [1.82, 2.24) is 0 Å². The molecule has 43 heavy (non-hydrogen) atoms. The maximum absolute atomic E-state index is 6.71. The first-order valence-corrected chi connectivity index (χ1v) is 14.5. The first-order chi connectivity index (χ1) is 21.3. The molecule has 0 atom stereocenters. The van der Waals surface area contributed by atoms with Gasteiger partial charge in [0.2, 0.25) is 0 Å². The molecule has 0 spiro atoms. The Labute approximate surface area is 247 Å². The summed E-state index contributed by atoms with van der Waals surface area (Å²) in [5.41, 5.74) is 8.72. The predicted octanol–water partition coefficient (Wildman–Crippen LogP) is 11.8. The van der Waals surface area contributed by atoms with Crippen LogP contribution in [0.5, 0.6) is 0 Å². The Morgan fingerprint density at radius 3 is 1.67 bits per heavy atom. The Morgan fingerprint density at radius 1 is 0.372 bits per heavy atom. The van der Waals surface area contributed by atoms with E-state index in [1.54, 1.807) is 0 Å². The molecule has 2 aromatic heterocycles. The van der Waals surface area contributed by atoms with E-state index in [1.807, 2.05) is 18.2 Å². The van der Waals surface area contributed by atoms with Gasteiger partial charge >= 0.3 is 0 Å². The average Bonchev–Trinajstić information content (AvgIpc) is 3.63. The average molecular weight is 552 g/mol. The molecule has 3 heteroatoms. The summed E-state index contributed by atoms with van der Waals surface area (Å²) in [7, 11) is 0. The molecule has 0 fully saturated rings. The maximum atomic E-state index is 6.71. The first kappa shape index (κ1) is 23.9. The van der Waals surface area contributed by atoms with Crippen molar-refractivity contribution in [2.45, 2.75) is 0 Å². The molecule has 9 aromatic rings. The first-order valence-electron chi connectivity index (χ1n) is 14.5. The molecule has 0 N–H and O–H groups in total. The molecule has 9 rings (SSSR count). The molecule has 0 saturated carbocycles. The number of benzene rings is 7. The van der Waals surface area contributed by atoms with Gasteiger partial charge in [0.05, 0.1) is 11.4 Å². The minimum absolute atomic E-state index is 0.841. The Hall–Kier alpha value is -5.80. The standard InChI is InChI=1S/C40H25NO2/c1-2-10-26(11-3-1)27-20-22-30(23-21-27)41(35-17-8-15-32-31-14-6-7-19-37(31)42-39(32)35)36-18-9-16-33-34-24-28-12-4-5-13-29(28)25-38(34)43-40(33)36/h1-25H. The summed E-state index contributed by atoms with van der Waals surface area (Å²) in [4.78, 5) is 2.27. The van der Waals surface area contributed by atoms with Crippen LogP contribution >= 0.6 is 0 Å². The molecule has 202 valence electrons. The van der Waals surface area contributed by atoms with Crippen LogP contribution in [-0.2, 0) is 0 Å². The highest BCUT2D eigenvalue weighted by Crippen LogP contribution is 2.46. The summed E-state index contributed by atoms with van der Waals surface area (Å²) >= 11 is 0. The fraction of sp³-hybridized carbons (Fsp3) is 0. The van der Waals surface area contributed by atoms with E-state index in [4.69, 9.17) is 8.83 Å². The van der Waals surface area contributed by atoms with Crippen molar-refractivity contribution in [2.24, 2.45) is 0 Å². The van der Waals surface area contributed by atoms with E-state index in [0.29, 0.717) is 0 Å². The lowest BCUT2D eigenvalue weighted by molar-refractivity contribution is 0.666. The number of anilines is 3. The minimum Gasteiger partial charge on any atom is -0.454 e. The second-order valence-corrected chi connectivity index (χ2v) is 11.0. The highest BCUT2D eigenvalue weighted by Gasteiger charge is 2.23. The van der Waals surface area contributed by atoms with Gasteiger partial charge in [0.25, 0.3) is 0 Å². The van der Waals surface area contributed by atoms with Gasteiger partial charge < -0.3 is 13.7 Å². The molecule has 3 nitrogen and oxygen atoms in total. The van der Waals surface area contributed by atoms with Gasteiger partial charge in [0, 0.05) is 27.2 Å². The van der Waals surface area contributed by atoms with Gasteiger partial charge in [-0.2, -0.15) is 0 Å². The van der Waals surface area contributed by atoms with Crippen molar-refractivity contribution >= 4 is 71.7 Å². The number of para-hydroxylation sites is 3. The zero-order valence-electron chi connectivity index (χ0n) is 23.2. The van der Waals surface area contributed by atoms with E-state index in [0.717, 1.165) is 66.3 Å². The van der Waals surface area contributed by atoms with E-state index in [-0.39, 0.29) is 0 Å². The summed E-state index contributed by atoms with van der Waals surface area (Å²) in [6, 6.07) is 53.0. The summed E-state index contributed by atoms with van der Waals surface area (Å²) < 4.78 is 13.3. The molecule has 0 amide bonds. The molecular formula is C40H25NO2. The molecule has 0 aliphatic heterocycles. The molecule has 0 radical (unpaired) electrons. The summed E-state index contributed by atoms with van der Waals surface area (Å²) in [6.45, 7) is 0. The molecular weight excluding hydrogens is 526 g/mol. The van der Waals surface area contributed by atoms with Crippen LogP contribution in [0, 0.1) is 0 Å². The van der Waals surface area contributed by atoms with Gasteiger partial charge in [-0.1, -0.05) is 109 Å². The third kappa shape index (κ3) is 3.75. The van der Waals surface area contributed by atoms with Crippen molar-refractivity contribution in [3.8, 4) is 11.1 Å². The van der Waals surface area contributed by atoms with Crippen LogP contribution in [-0.4, -0.2) is 0 Å². The second kappa shape index (κ2) is 9.37. The summed E-state index contributed by atoms with van der Waals surface area (Å²) in [6.07, 6.45) is 0. The van der Waals surface area contributed by atoms with Crippen molar-refractivity contribution < 1.29 is 8.83 Å². The van der Waals surface area contributed by atoms with Crippen molar-refractivity contribution in [1.29, 1.82) is 0 Å². The number of nitrogens with zero attached hydrogens (tertiary/aromatic N) is 1. The SMILES string of the molecule is c1ccc(-c2ccc(N(c3cccc4c3oc3ccccc34)c3cccc4c3oc3cc5ccccc5cc34)cc2)cc1. The third-order valence-electron chi connectivity index (χ3n) is 8.44. The van der Waals surface area contributed by atoms with Gasteiger partial charge in [-0.25, -0.2) is 0 Å². The van der Waals surface area contributed by atoms with Gasteiger partial charge in [0.15, 0.2) is 11.2 Å². The fourth-order valence-electron chi connectivity index (χ4n) is 6.39. The van der Waals surface area contributed by atoms with E-state index in [9.17, 15) is 0 Å². The lowest BCUT2D eigenvalue weighted by Crippen LogP contribution is -2.10. The van der Waals surface area contributed by atoms with Crippen LogP contribution in [0.25, 0.3) is 65.8 Å². The van der Waals surface area contributed by atoms with Crippen LogP contribution in [0.4, 0.5) is 17.1 Å². The van der Waals surface area contributed by atoms with Crippen molar-refractivity contribution in [2.75, 3.05) is 4.90 Å². The number of hydrogen-bond donors (Lipinski definition) is 0. The lowest BCUT2D eigenvalue weighted by atomic mass is 10.0. The smallest absolute Gasteiger partial charge is 0.159 e. The van der Waals surface area contributed by atoms with Crippen LogP contribution in [0.3, 0.4) is 0 Å². The van der Waals surface area contributed by atoms with Crippen LogP contribution in [0.15, 0.2) is 160 Å². The zero-order chi connectivity index (χ0) is 28.3.